The van der Waals surface area contributed by atoms with E-state index < -0.39 is 0 Å². The molecule has 5 rings (SSSR count). The maximum Gasteiger partial charge on any atom is 0.174 e. The minimum atomic E-state index is -0.371. The molecule has 2 aromatic rings. The second kappa shape index (κ2) is 10.0. The van der Waals surface area contributed by atoms with Crippen LogP contribution in [-0.4, -0.2) is 37.2 Å². The highest BCUT2D eigenvalue weighted by atomic mass is 79.9. The standard InChI is InChI=1S/C29H30BrNO4/c1-34-25-17-19(16-20(30)29(25)35-2)26-27-21(10-6-12-23(27)32)31(15-14-18-8-4-3-5-9-18)22-11-7-13-24(33)28(22)26/h3-5,8-9,16-17,26H,6-7,10-15H2,1-2H3. The van der Waals surface area contributed by atoms with E-state index in [0.717, 1.165) is 71.2 Å². The molecule has 0 amide bonds. The van der Waals surface area contributed by atoms with E-state index in [4.69, 9.17) is 9.47 Å². The highest BCUT2D eigenvalue weighted by Crippen LogP contribution is 2.51. The lowest BCUT2D eigenvalue weighted by Crippen LogP contribution is -2.40. The van der Waals surface area contributed by atoms with Crippen LogP contribution in [0, 0.1) is 0 Å². The predicted molar refractivity (Wildman–Crippen MR) is 139 cm³/mol. The Morgan fingerprint density at radius 3 is 2.09 bits per heavy atom. The maximum atomic E-state index is 13.5. The highest BCUT2D eigenvalue weighted by Gasteiger charge is 2.43. The fourth-order valence-electron chi connectivity index (χ4n) is 5.81. The Morgan fingerprint density at radius 1 is 0.886 bits per heavy atom. The summed E-state index contributed by atoms with van der Waals surface area (Å²) in [6.45, 7) is 0.768. The number of ketones is 2. The monoisotopic (exact) mass is 535 g/mol. The van der Waals surface area contributed by atoms with E-state index in [9.17, 15) is 9.59 Å². The fourth-order valence-corrected chi connectivity index (χ4v) is 6.43. The Hall–Kier alpha value is -2.86. The average molecular weight is 536 g/mol. The number of carbonyl (C=O) groups is 2. The molecule has 6 heteroatoms. The van der Waals surface area contributed by atoms with Crippen molar-refractivity contribution in [1.29, 1.82) is 0 Å². The molecule has 1 heterocycles. The van der Waals surface area contributed by atoms with E-state index in [-0.39, 0.29) is 17.5 Å². The molecule has 0 saturated heterocycles. The lowest BCUT2D eigenvalue weighted by Gasteiger charge is -2.44. The first kappa shape index (κ1) is 23.9. The molecular formula is C29H30BrNO4. The normalized spacial score (nSPS) is 18.5. The van der Waals surface area contributed by atoms with Gasteiger partial charge in [-0.05, 0) is 71.3 Å². The van der Waals surface area contributed by atoms with Crippen LogP contribution in [-0.2, 0) is 16.0 Å². The van der Waals surface area contributed by atoms with Crippen LogP contribution in [0.1, 0.15) is 55.6 Å². The van der Waals surface area contributed by atoms with Gasteiger partial charge in [0, 0.05) is 47.8 Å². The molecule has 2 aromatic carbocycles. The molecule has 2 aliphatic carbocycles. The van der Waals surface area contributed by atoms with Crippen LogP contribution in [0.15, 0.2) is 69.5 Å². The van der Waals surface area contributed by atoms with Gasteiger partial charge in [0.25, 0.3) is 0 Å². The Balaban J connectivity index is 1.66. The molecule has 0 bridgehead atoms. The molecule has 182 valence electrons. The number of halogens is 1. The van der Waals surface area contributed by atoms with Crippen LogP contribution in [0.4, 0.5) is 0 Å². The zero-order valence-electron chi connectivity index (χ0n) is 20.2. The van der Waals surface area contributed by atoms with Crippen molar-refractivity contribution in [3.63, 3.8) is 0 Å². The number of nitrogens with zero attached hydrogens (tertiary/aromatic N) is 1. The molecule has 0 spiro atoms. The number of allylic oxidation sites excluding steroid dienone is 4. The van der Waals surface area contributed by atoms with Crippen LogP contribution in [0.2, 0.25) is 0 Å². The second-order valence-electron chi connectivity index (χ2n) is 9.33. The predicted octanol–water partition coefficient (Wildman–Crippen LogP) is 6.12. The summed E-state index contributed by atoms with van der Waals surface area (Å²) in [7, 11) is 3.21. The Kier molecular flexibility index (Phi) is 6.83. The Morgan fingerprint density at radius 2 is 1.51 bits per heavy atom. The summed E-state index contributed by atoms with van der Waals surface area (Å²) in [4.78, 5) is 29.3. The summed E-state index contributed by atoms with van der Waals surface area (Å²) in [5.41, 5.74) is 5.92. The van der Waals surface area contributed by atoms with Gasteiger partial charge in [-0.1, -0.05) is 30.3 Å². The molecule has 35 heavy (non-hydrogen) atoms. The average Bonchev–Trinajstić information content (AvgIpc) is 2.87. The Bertz CT molecular complexity index is 1190. The number of methoxy groups -OCH3 is 2. The van der Waals surface area contributed by atoms with Gasteiger partial charge in [-0.25, -0.2) is 0 Å². The summed E-state index contributed by atoms with van der Waals surface area (Å²) >= 11 is 3.62. The zero-order valence-corrected chi connectivity index (χ0v) is 21.8. The largest absolute Gasteiger partial charge is 0.493 e. The van der Waals surface area contributed by atoms with Crippen LogP contribution < -0.4 is 9.47 Å². The van der Waals surface area contributed by atoms with E-state index >= 15 is 0 Å². The molecular weight excluding hydrogens is 506 g/mol. The molecule has 0 fully saturated rings. The van der Waals surface area contributed by atoms with Crippen molar-refractivity contribution in [2.75, 3.05) is 20.8 Å². The van der Waals surface area contributed by atoms with Crippen molar-refractivity contribution in [1.82, 2.24) is 4.90 Å². The van der Waals surface area contributed by atoms with Gasteiger partial charge in [0.1, 0.15) is 0 Å². The highest BCUT2D eigenvalue weighted by molar-refractivity contribution is 9.10. The van der Waals surface area contributed by atoms with Gasteiger partial charge in [0.05, 0.1) is 18.7 Å². The summed E-state index contributed by atoms with van der Waals surface area (Å²) in [6.07, 6.45) is 5.30. The van der Waals surface area contributed by atoms with Gasteiger partial charge < -0.3 is 14.4 Å². The van der Waals surface area contributed by atoms with Crippen molar-refractivity contribution < 1.29 is 19.1 Å². The van der Waals surface area contributed by atoms with E-state index in [1.807, 2.05) is 18.2 Å². The van der Waals surface area contributed by atoms with E-state index in [0.29, 0.717) is 24.3 Å². The lowest BCUT2D eigenvalue weighted by atomic mass is 9.71. The van der Waals surface area contributed by atoms with Gasteiger partial charge in [-0.2, -0.15) is 0 Å². The van der Waals surface area contributed by atoms with Crippen molar-refractivity contribution in [3.05, 3.63) is 80.6 Å². The van der Waals surface area contributed by atoms with Crippen LogP contribution >= 0.6 is 15.9 Å². The number of hydrogen-bond acceptors (Lipinski definition) is 5. The minimum absolute atomic E-state index is 0.150. The fraction of sp³-hybridized carbons (Fsp3) is 0.379. The first-order chi connectivity index (χ1) is 17.0. The van der Waals surface area contributed by atoms with Crippen molar-refractivity contribution in [2.45, 2.75) is 50.9 Å². The maximum absolute atomic E-state index is 13.5. The summed E-state index contributed by atoms with van der Waals surface area (Å²) in [5, 5.41) is 0. The molecule has 5 nitrogen and oxygen atoms in total. The summed E-state index contributed by atoms with van der Waals surface area (Å²) < 4.78 is 11.9. The summed E-state index contributed by atoms with van der Waals surface area (Å²) in [5.74, 6) is 1.11. The lowest BCUT2D eigenvalue weighted by molar-refractivity contribution is -0.117. The number of carbonyl (C=O) groups excluding carboxylic acids is 2. The van der Waals surface area contributed by atoms with Gasteiger partial charge in [0.2, 0.25) is 0 Å². The SMILES string of the molecule is COc1cc(C2C3=C(CCCC3=O)N(CCc3ccccc3)C3=C2C(=O)CCC3)cc(Br)c1OC. The first-order valence-corrected chi connectivity index (χ1v) is 13.1. The van der Waals surface area contributed by atoms with E-state index in [1.165, 1.54) is 5.56 Å². The van der Waals surface area contributed by atoms with Gasteiger partial charge in [-0.15, -0.1) is 0 Å². The smallest absolute Gasteiger partial charge is 0.174 e. The number of hydrogen-bond donors (Lipinski definition) is 0. The van der Waals surface area contributed by atoms with Crippen LogP contribution in [0.3, 0.4) is 0 Å². The molecule has 0 atom stereocenters. The van der Waals surface area contributed by atoms with E-state index in [1.54, 1.807) is 14.2 Å². The number of benzene rings is 2. The molecule has 0 saturated carbocycles. The van der Waals surface area contributed by atoms with Gasteiger partial charge in [-0.3, -0.25) is 9.59 Å². The van der Waals surface area contributed by atoms with E-state index in [2.05, 4.69) is 45.1 Å². The third-order valence-corrected chi connectivity index (χ3v) is 7.93. The number of Topliss-reactive ketones (excluding diaryl/α,β-unsaturated/α-hetero) is 2. The van der Waals surface area contributed by atoms with Gasteiger partial charge in [0.15, 0.2) is 23.1 Å². The van der Waals surface area contributed by atoms with Crippen molar-refractivity contribution in [2.24, 2.45) is 0 Å². The molecule has 0 aromatic heterocycles. The third-order valence-electron chi connectivity index (χ3n) is 7.34. The Labute approximate surface area is 214 Å². The number of ether oxygens (including phenoxy) is 2. The van der Waals surface area contributed by atoms with Crippen molar-refractivity contribution >= 4 is 27.5 Å². The third kappa shape index (κ3) is 4.33. The number of rotatable bonds is 6. The van der Waals surface area contributed by atoms with Crippen LogP contribution in [0.25, 0.3) is 0 Å². The molecule has 1 aliphatic heterocycles. The van der Waals surface area contributed by atoms with Crippen molar-refractivity contribution in [3.8, 4) is 11.5 Å². The molecule has 0 N–H and O–H groups in total. The second-order valence-corrected chi connectivity index (χ2v) is 10.2. The van der Waals surface area contributed by atoms with Crippen LogP contribution in [0.5, 0.6) is 11.5 Å². The quantitative estimate of drug-likeness (QED) is 0.445. The molecule has 0 unspecified atom stereocenters. The topological polar surface area (TPSA) is 55.8 Å². The minimum Gasteiger partial charge on any atom is -0.493 e. The first-order valence-electron chi connectivity index (χ1n) is 12.3. The zero-order chi connectivity index (χ0) is 24.5. The molecule has 3 aliphatic rings. The van der Waals surface area contributed by atoms with Gasteiger partial charge >= 0.3 is 0 Å². The molecule has 0 radical (unpaired) electrons. The summed E-state index contributed by atoms with van der Waals surface area (Å²) in [6, 6.07) is 14.3.